The molecule has 0 N–H and O–H groups in total. The van der Waals surface area contributed by atoms with Gasteiger partial charge in [-0.3, -0.25) is 4.79 Å². The summed E-state index contributed by atoms with van der Waals surface area (Å²) in [6.07, 6.45) is 1.66. The normalized spacial score (nSPS) is 10.3. The van der Waals surface area contributed by atoms with Gasteiger partial charge in [0.2, 0.25) is 0 Å². The Kier molecular flexibility index (Phi) is 6.15. The Labute approximate surface area is 103 Å². The third kappa shape index (κ3) is 4.89. The van der Waals surface area contributed by atoms with E-state index in [1.807, 2.05) is 44.2 Å². The maximum absolute atomic E-state index is 11.5. The second-order valence-corrected chi connectivity index (χ2v) is 3.84. The maximum atomic E-state index is 11.5. The van der Waals surface area contributed by atoms with E-state index in [1.54, 1.807) is 0 Å². The molecule has 0 unspecified atom stereocenters. The Bertz CT molecular complexity index is 317. The Hall–Kier alpha value is -1.51. The van der Waals surface area contributed by atoms with E-state index < -0.39 is 0 Å². The first-order valence-corrected chi connectivity index (χ1v) is 6.12. The SMILES string of the molecule is CCC(CC)C(=O)OCCOc1ccccc1. The first kappa shape index (κ1) is 13.6. The molecule has 0 spiro atoms. The molecule has 3 heteroatoms. The highest BCUT2D eigenvalue weighted by atomic mass is 16.6. The van der Waals surface area contributed by atoms with Crippen LogP contribution in [-0.2, 0) is 9.53 Å². The van der Waals surface area contributed by atoms with Gasteiger partial charge in [0, 0.05) is 0 Å². The van der Waals surface area contributed by atoms with Crippen LogP contribution in [-0.4, -0.2) is 19.2 Å². The predicted molar refractivity (Wildman–Crippen MR) is 67.0 cm³/mol. The second-order valence-electron chi connectivity index (χ2n) is 3.84. The number of benzene rings is 1. The number of ether oxygens (including phenoxy) is 2. The van der Waals surface area contributed by atoms with Crippen LogP contribution in [0.2, 0.25) is 0 Å². The summed E-state index contributed by atoms with van der Waals surface area (Å²) in [5.74, 6) is 0.699. The van der Waals surface area contributed by atoms with Gasteiger partial charge in [-0.15, -0.1) is 0 Å². The van der Waals surface area contributed by atoms with E-state index in [0.717, 1.165) is 18.6 Å². The highest BCUT2D eigenvalue weighted by molar-refractivity contribution is 5.72. The lowest BCUT2D eigenvalue weighted by Gasteiger charge is -2.12. The highest BCUT2D eigenvalue weighted by Gasteiger charge is 2.15. The van der Waals surface area contributed by atoms with Gasteiger partial charge in [0.15, 0.2) is 0 Å². The third-order valence-electron chi connectivity index (χ3n) is 2.66. The quantitative estimate of drug-likeness (QED) is 0.539. The molecule has 17 heavy (non-hydrogen) atoms. The van der Waals surface area contributed by atoms with E-state index in [4.69, 9.17) is 9.47 Å². The summed E-state index contributed by atoms with van der Waals surface area (Å²) in [5, 5.41) is 0. The number of para-hydroxylation sites is 1. The van der Waals surface area contributed by atoms with Crippen LogP contribution in [0.1, 0.15) is 26.7 Å². The van der Waals surface area contributed by atoms with Crippen LogP contribution in [0.5, 0.6) is 5.75 Å². The molecule has 1 aromatic carbocycles. The van der Waals surface area contributed by atoms with Gasteiger partial charge >= 0.3 is 5.97 Å². The van der Waals surface area contributed by atoms with Crippen LogP contribution in [0.15, 0.2) is 30.3 Å². The maximum Gasteiger partial charge on any atom is 0.309 e. The number of rotatable bonds is 7. The fourth-order valence-electron chi connectivity index (χ4n) is 1.56. The molecule has 0 saturated carbocycles. The van der Waals surface area contributed by atoms with Crippen molar-refractivity contribution in [1.82, 2.24) is 0 Å². The average Bonchev–Trinajstić information content (AvgIpc) is 2.37. The molecule has 0 aliphatic heterocycles. The number of carbonyl (C=O) groups excluding carboxylic acids is 1. The lowest BCUT2D eigenvalue weighted by atomic mass is 10.0. The standard InChI is InChI=1S/C14H20O3/c1-3-12(4-2)14(15)17-11-10-16-13-8-6-5-7-9-13/h5-9,12H,3-4,10-11H2,1-2H3. The molecule has 0 saturated heterocycles. The Morgan fingerprint density at radius 2 is 1.76 bits per heavy atom. The summed E-state index contributed by atoms with van der Waals surface area (Å²) >= 11 is 0. The summed E-state index contributed by atoms with van der Waals surface area (Å²) in [6, 6.07) is 9.50. The van der Waals surface area contributed by atoms with Gasteiger partial charge in [-0.2, -0.15) is 0 Å². The predicted octanol–water partition coefficient (Wildman–Crippen LogP) is 3.04. The van der Waals surface area contributed by atoms with Crippen LogP contribution in [0, 0.1) is 5.92 Å². The largest absolute Gasteiger partial charge is 0.490 e. The summed E-state index contributed by atoms with van der Waals surface area (Å²) in [5.41, 5.74) is 0. The van der Waals surface area contributed by atoms with Crippen molar-refractivity contribution in [2.45, 2.75) is 26.7 Å². The molecule has 0 amide bonds. The van der Waals surface area contributed by atoms with Crippen molar-refractivity contribution in [3.8, 4) is 5.75 Å². The van der Waals surface area contributed by atoms with E-state index in [1.165, 1.54) is 0 Å². The van der Waals surface area contributed by atoms with Gasteiger partial charge in [0.25, 0.3) is 0 Å². The van der Waals surface area contributed by atoms with E-state index >= 15 is 0 Å². The van der Waals surface area contributed by atoms with Crippen molar-refractivity contribution in [3.05, 3.63) is 30.3 Å². The topological polar surface area (TPSA) is 35.5 Å². The lowest BCUT2D eigenvalue weighted by Crippen LogP contribution is -2.19. The van der Waals surface area contributed by atoms with Crippen molar-refractivity contribution in [3.63, 3.8) is 0 Å². The molecule has 0 fully saturated rings. The van der Waals surface area contributed by atoms with E-state index in [2.05, 4.69) is 0 Å². The van der Waals surface area contributed by atoms with Crippen LogP contribution in [0.3, 0.4) is 0 Å². The minimum Gasteiger partial charge on any atom is -0.490 e. The molecular weight excluding hydrogens is 216 g/mol. The minimum atomic E-state index is -0.119. The van der Waals surface area contributed by atoms with E-state index in [-0.39, 0.29) is 11.9 Å². The van der Waals surface area contributed by atoms with Crippen molar-refractivity contribution >= 4 is 5.97 Å². The Morgan fingerprint density at radius 1 is 1.12 bits per heavy atom. The molecule has 1 aromatic rings. The third-order valence-corrected chi connectivity index (χ3v) is 2.66. The van der Waals surface area contributed by atoms with Crippen molar-refractivity contribution in [2.75, 3.05) is 13.2 Å². The first-order valence-electron chi connectivity index (χ1n) is 6.12. The average molecular weight is 236 g/mol. The van der Waals surface area contributed by atoms with Crippen LogP contribution in [0.4, 0.5) is 0 Å². The van der Waals surface area contributed by atoms with Crippen molar-refractivity contribution in [2.24, 2.45) is 5.92 Å². The fourth-order valence-corrected chi connectivity index (χ4v) is 1.56. The zero-order chi connectivity index (χ0) is 12.5. The smallest absolute Gasteiger partial charge is 0.309 e. The molecule has 0 heterocycles. The lowest BCUT2D eigenvalue weighted by molar-refractivity contribution is -0.149. The molecule has 94 valence electrons. The van der Waals surface area contributed by atoms with Gasteiger partial charge in [-0.05, 0) is 25.0 Å². The summed E-state index contributed by atoms with van der Waals surface area (Å²) in [7, 11) is 0. The fraction of sp³-hybridized carbons (Fsp3) is 0.500. The van der Waals surface area contributed by atoms with Crippen molar-refractivity contribution in [1.29, 1.82) is 0 Å². The number of hydrogen-bond acceptors (Lipinski definition) is 3. The first-order chi connectivity index (χ1) is 8.27. The number of hydrogen-bond donors (Lipinski definition) is 0. The summed E-state index contributed by atoms with van der Waals surface area (Å²) < 4.78 is 10.6. The molecule has 0 aliphatic rings. The Balaban J connectivity index is 2.18. The van der Waals surface area contributed by atoms with E-state index in [0.29, 0.717) is 13.2 Å². The highest BCUT2D eigenvalue weighted by Crippen LogP contribution is 2.10. The number of carbonyl (C=O) groups is 1. The van der Waals surface area contributed by atoms with Crippen LogP contribution < -0.4 is 4.74 Å². The van der Waals surface area contributed by atoms with Gasteiger partial charge in [0.1, 0.15) is 19.0 Å². The van der Waals surface area contributed by atoms with E-state index in [9.17, 15) is 4.79 Å². The molecule has 0 bridgehead atoms. The molecule has 3 nitrogen and oxygen atoms in total. The molecule has 0 atom stereocenters. The van der Waals surface area contributed by atoms with Crippen LogP contribution >= 0.6 is 0 Å². The minimum absolute atomic E-state index is 0.0201. The zero-order valence-corrected chi connectivity index (χ0v) is 10.5. The molecular formula is C14H20O3. The zero-order valence-electron chi connectivity index (χ0n) is 10.5. The number of esters is 1. The Morgan fingerprint density at radius 3 is 2.35 bits per heavy atom. The van der Waals surface area contributed by atoms with Crippen LogP contribution in [0.25, 0.3) is 0 Å². The van der Waals surface area contributed by atoms with Gasteiger partial charge in [0.05, 0.1) is 5.92 Å². The van der Waals surface area contributed by atoms with Gasteiger partial charge < -0.3 is 9.47 Å². The van der Waals surface area contributed by atoms with Gasteiger partial charge in [-0.1, -0.05) is 32.0 Å². The van der Waals surface area contributed by atoms with Gasteiger partial charge in [-0.25, -0.2) is 0 Å². The molecule has 0 aromatic heterocycles. The summed E-state index contributed by atoms with van der Waals surface area (Å²) in [4.78, 5) is 11.5. The molecule has 0 aliphatic carbocycles. The molecule has 1 rings (SSSR count). The molecule has 0 radical (unpaired) electrons. The monoisotopic (exact) mass is 236 g/mol. The summed E-state index contributed by atoms with van der Waals surface area (Å²) in [6.45, 7) is 4.70. The van der Waals surface area contributed by atoms with Crippen molar-refractivity contribution < 1.29 is 14.3 Å². The second kappa shape index (κ2) is 7.71.